The third kappa shape index (κ3) is 9.45. The van der Waals surface area contributed by atoms with Gasteiger partial charge in [0, 0.05) is 5.92 Å². The van der Waals surface area contributed by atoms with Crippen LogP contribution in [0.1, 0.15) is 67.4 Å². The molecule has 3 rings (SSSR count). The van der Waals surface area contributed by atoms with Crippen molar-refractivity contribution in [3.05, 3.63) is 42.0 Å². The molecular weight excluding hydrogens is 532 g/mol. The Bertz CT molecular complexity index is 969. The number of aliphatic hydroxyl groups is 2. The van der Waals surface area contributed by atoms with Crippen molar-refractivity contribution < 1.29 is 32.6 Å². The highest BCUT2D eigenvalue weighted by molar-refractivity contribution is 7.51. The summed E-state index contributed by atoms with van der Waals surface area (Å²) in [5.74, 6) is 0.866. The monoisotopic (exact) mass is 582 g/mol. The minimum atomic E-state index is -1.94. The van der Waals surface area contributed by atoms with Gasteiger partial charge in [0.2, 0.25) is 0 Å². The van der Waals surface area contributed by atoms with Gasteiger partial charge in [0.15, 0.2) is 8.32 Å². The lowest BCUT2D eigenvalue weighted by molar-refractivity contribution is -0.179. The molecule has 1 aromatic carbocycles. The Labute approximate surface area is 240 Å². The van der Waals surface area contributed by atoms with E-state index in [1.165, 1.54) is 11.1 Å². The van der Waals surface area contributed by atoms with Crippen molar-refractivity contribution in [1.82, 2.24) is 0 Å². The second-order valence-electron chi connectivity index (χ2n) is 12.6. The van der Waals surface area contributed by atoms with E-state index in [9.17, 15) is 15.0 Å². The first-order valence-corrected chi connectivity index (χ1v) is 17.5. The molecule has 2 aliphatic rings. The van der Waals surface area contributed by atoms with E-state index < -0.39 is 26.0 Å². The van der Waals surface area contributed by atoms with Gasteiger partial charge in [-0.15, -0.1) is 0 Å². The van der Waals surface area contributed by atoms with Gasteiger partial charge in [0.1, 0.15) is 6.10 Å². The van der Waals surface area contributed by atoms with Crippen molar-refractivity contribution in [3.8, 4) is 0 Å². The van der Waals surface area contributed by atoms with E-state index in [2.05, 4.69) is 85.0 Å². The molecule has 0 radical (unpaired) electrons. The lowest BCUT2D eigenvalue weighted by atomic mass is 9.79. The SMILES string of the molecule is C[C@@H]1[C@H](C)[C@H](C)C(c2ccccc2)=CC[C@H]1O.C[C@@H]1[C@H](O[Si](C)(C)C(C)(C)C)[C@H](C)C(=O)O[C@@H]1CO.O=S=O. The molecule has 222 valence electrons. The van der Waals surface area contributed by atoms with Crippen LogP contribution in [-0.2, 0) is 25.5 Å². The van der Waals surface area contributed by atoms with Gasteiger partial charge in [-0.25, -0.2) is 0 Å². The van der Waals surface area contributed by atoms with Gasteiger partial charge in [-0.3, -0.25) is 4.79 Å². The van der Waals surface area contributed by atoms with Crippen molar-refractivity contribution in [1.29, 1.82) is 0 Å². The molecule has 0 aromatic heterocycles. The van der Waals surface area contributed by atoms with Gasteiger partial charge in [0.05, 0.1) is 24.7 Å². The smallest absolute Gasteiger partial charge is 0.335 e. The van der Waals surface area contributed by atoms with Crippen molar-refractivity contribution in [2.75, 3.05) is 6.61 Å². The first kappa shape index (κ1) is 35.4. The van der Waals surface area contributed by atoms with Gasteiger partial charge in [-0.1, -0.05) is 84.9 Å². The summed E-state index contributed by atoms with van der Waals surface area (Å²) in [4.78, 5) is 11.9. The largest absolute Gasteiger partial charge is 0.459 e. The molecule has 1 aliphatic heterocycles. The van der Waals surface area contributed by atoms with E-state index in [4.69, 9.17) is 17.6 Å². The Morgan fingerprint density at radius 1 is 0.974 bits per heavy atom. The van der Waals surface area contributed by atoms with Gasteiger partial charge in [0.25, 0.3) is 0 Å². The summed E-state index contributed by atoms with van der Waals surface area (Å²) >= 11 is -0.750. The molecule has 7 nitrogen and oxygen atoms in total. The van der Waals surface area contributed by atoms with Gasteiger partial charge in [-0.05, 0) is 60.4 Å². The molecule has 1 heterocycles. The standard InChI is InChI=1S/C16H22O.C14H28O4Si.O2S/c1-11-12(2)15(9-10-16(17)13(11)3)14-7-5-4-6-8-14;1-9-11(8-15)17-13(16)10(2)12(9)18-19(6,7)14(3,4)5;1-3-2/h4-9,11-13,16-17H,10H2,1-3H3;9-12,15H,8H2,1-7H3;/t11-,12+,13-,16-;9-,10-,11+,12-;/m10./s1. The van der Waals surface area contributed by atoms with Gasteiger partial charge in [-0.2, -0.15) is 8.42 Å². The zero-order valence-electron chi connectivity index (χ0n) is 25.3. The van der Waals surface area contributed by atoms with Crippen LogP contribution in [0.15, 0.2) is 36.4 Å². The van der Waals surface area contributed by atoms with E-state index >= 15 is 0 Å². The third-order valence-electron chi connectivity index (χ3n) is 9.06. The highest BCUT2D eigenvalue weighted by atomic mass is 32.1. The number of ether oxygens (including phenoxy) is 1. The summed E-state index contributed by atoms with van der Waals surface area (Å²) in [6.45, 7) is 21.3. The Hall–Kier alpha value is -1.65. The van der Waals surface area contributed by atoms with Crippen molar-refractivity contribution in [3.63, 3.8) is 0 Å². The fourth-order valence-electron chi connectivity index (χ4n) is 4.84. The number of carbonyl (C=O) groups excluding carboxylic acids is 1. The van der Waals surface area contributed by atoms with Crippen LogP contribution in [0.5, 0.6) is 0 Å². The normalized spacial score (nSPS) is 31.3. The van der Waals surface area contributed by atoms with Crippen LogP contribution in [0.2, 0.25) is 18.1 Å². The van der Waals surface area contributed by atoms with Crippen molar-refractivity contribution >= 4 is 31.4 Å². The maximum atomic E-state index is 11.9. The average Bonchev–Trinajstić information content (AvgIpc) is 2.97. The molecule has 1 aromatic rings. The number of allylic oxidation sites excluding steroid dienone is 1. The molecule has 0 saturated carbocycles. The van der Waals surface area contributed by atoms with E-state index in [0.29, 0.717) is 17.8 Å². The van der Waals surface area contributed by atoms with Gasteiger partial charge >= 0.3 is 17.5 Å². The zero-order chi connectivity index (χ0) is 30.1. The van der Waals surface area contributed by atoms with Crippen LogP contribution in [0.4, 0.5) is 0 Å². The molecule has 1 saturated heterocycles. The summed E-state index contributed by atoms with van der Waals surface area (Å²) in [6.07, 6.45) is 2.19. The molecule has 39 heavy (non-hydrogen) atoms. The Balaban J connectivity index is 0.000000356. The first-order chi connectivity index (χ1) is 18.0. The molecule has 0 unspecified atom stereocenters. The number of esters is 1. The number of hydrogen-bond acceptors (Lipinski definition) is 7. The third-order valence-corrected chi connectivity index (χ3v) is 13.5. The lowest BCUT2D eigenvalue weighted by Crippen LogP contribution is -2.55. The second kappa shape index (κ2) is 15.4. The lowest BCUT2D eigenvalue weighted by Gasteiger charge is -2.45. The van der Waals surface area contributed by atoms with Crippen molar-refractivity contribution in [2.45, 2.75) is 98.3 Å². The Kier molecular flexibility index (Phi) is 13.9. The number of rotatable bonds is 4. The maximum absolute atomic E-state index is 11.9. The summed E-state index contributed by atoms with van der Waals surface area (Å²) in [6, 6.07) is 10.5. The number of hydrogen-bond donors (Lipinski definition) is 2. The predicted molar refractivity (Wildman–Crippen MR) is 159 cm³/mol. The molecule has 1 aliphatic carbocycles. The van der Waals surface area contributed by atoms with E-state index in [-0.39, 0.29) is 41.7 Å². The molecule has 0 spiro atoms. The first-order valence-electron chi connectivity index (χ1n) is 13.9. The predicted octanol–water partition coefficient (Wildman–Crippen LogP) is 5.64. The second-order valence-corrected chi connectivity index (χ2v) is 17.4. The summed E-state index contributed by atoms with van der Waals surface area (Å²) in [5, 5.41) is 19.5. The van der Waals surface area contributed by atoms with Crippen LogP contribution in [0.3, 0.4) is 0 Å². The Morgan fingerprint density at radius 2 is 1.51 bits per heavy atom. The fraction of sp³-hybridized carbons (Fsp3) is 0.700. The molecule has 9 heteroatoms. The van der Waals surface area contributed by atoms with E-state index in [1.807, 2.05) is 19.9 Å². The highest BCUT2D eigenvalue weighted by Crippen LogP contribution is 2.41. The molecule has 2 N–H and O–H groups in total. The quantitative estimate of drug-likeness (QED) is 0.349. The highest BCUT2D eigenvalue weighted by Gasteiger charge is 2.47. The minimum absolute atomic E-state index is 0.0202. The van der Waals surface area contributed by atoms with Gasteiger partial charge < -0.3 is 19.4 Å². The zero-order valence-corrected chi connectivity index (χ0v) is 27.2. The topological polar surface area (TPSA) is 110 Å². The van der Waals surface area contributed by atoms with Crippen LogP contribution >= 0.6 is 0 Å². The number of benzene rings is 1. The fourth-order valence-corrected chi connectivity index (χ4v) is 6.30. The number of aliphatic hydroxyl groups excluding tert-OH is 2. The van der Waals surface area contributed by atoms with Crippen LogP contribution < -0.4 is 0 Å². The van der Waals surface area contributed by atoms with E-state index in [1.54, 1.807) is 0 Å². The molecule has 1 fully saturated rings. The van der Waals surface area contributed by atoms with Crippen LogP contribution in [0, 0.1) is 29.6 Å². The molecule has 0 bridgehead atoms. The molecule has 8 atom stereocenters. The minimum Gasteiger partial charge on any atom is -0.459 e. The summed E-state index contributed by atoms with van der Waals surface area (Å²) < 4.78 is 28.2. The van der Waals surface area contributed by atoms with E-state index in [0.717, 1.165) is 6.42 Å². The number of cyclic esters (lactones) is 1. The van der Waals surface area contributed by atoms with Crippen LogP contribution in [0.25, 0.3) is 5.57 Å². The summed E-state index contributed by atoms with van der Waals surface area (Å²) in [5.41, 5.74) is 2.69. The summed E-state index contributed by atoms with van der Waals surface area (Å²) in [7, 11) is -1.94. The molecule has 0 amide bonds. The number of carbonyl (C=O) groups is 1. The van der Waals surface area contributed by atoms with Crippen molar-refractivity contribution in [2.24, 2.45) is 29.6 Å². The molecular formula is C30H50O7SSi. The Morgan fingerprint density at radius 3 is 2.00 bits per heavy atom. The maximum Gasteiger partial charge on any atom is 0.335 e. The average molecular weight is 583 g/mol. The van der Waals surface area contributed by atoms with Crippen LogP contribution in [-0.4, -0.2) is 57.8 Å².